The first-order valence-electron chi connectivity index (χ1n) is 6.44. The van der Waals surface area contributed by atoms with E-state index in [1.165, 1.54) is 6.42 Å². The summed E-state index contributed by atoms with van der Waals surface area (Å²) < 4.78 is 5.46. The highest BCUT2D eigenvalue weighted by molar-refractivity contribution is 5.68. The van der Waals surface area contributed by atoms with Crippen LogP contribution in [0.3, 0.4) is 0 Å². The first-order chi connectivity index (χ1) is 7.79. The van der Waals surface area contributed by atoms with Crippen molar-refractivity contribution in [2.45, 2.75) is 51.7 Å². The molecule has 1 rings (SSSR count). The predicted octanol–water partition coefficient (Wildman–Crippen LogP) is 2.34. The number of likely N-dealkylation sites (tertiary alicyclic amines) is 1. The van der Waals surface area contributed by atoms with E-state index in [9.17, 15) is 4.79 Å². The summed E-state index contributed by atoms with van der Waals surface area (Å²) in [5, 5.41) is 0. The maximum atomic E-state index is 12.1. The molecule has 0 unspecified atom stereocenters. The Kier molecular flexibility index (Phi) is 4.80. The zero-order chi connectivity index (χ0) is 13.1. The number of likely N-dealkylation sites (N-methyl/N-ethyl adjacent to an activating group) is 1. The van der Waals surface area contributed by atoms with E-state index in [4.69, 9.17) is 4.74 Å². The summed E-state index contributed by atoms with van der Waals surface area (Å²) in [5.41, 5.74) is -0.406. The lowest BCUT2D eigenvalue weighted by Gasteiger charge is -2.37. The van der Waals surface area contributed by atoms with Gasteiger partial charge in [-0.05, 0) is 54.1 Å². The molecule has 0 aromatic rings. The molecule has 4 heteroatoms. The lowest BCUT2D eigenvalue weighted by Crippen LogP contribution is -2.49. The van der Waals surface area contributed by atoms with Crippen molar-refractivity contribution in [1.82, 2.24) is 9.80 Å². The summed E-state index contributed by atoms with van der Waals surface area (Å²) in [7, 11) is 4.09. The molecular weight excluding hydrogens is 216 g/mol. The molecule has 1 heterocycles. The summed E-state index contributed by atoms with van der Waals surface area (Å²) in [6.45, 7) is 7.48. The number of rotatable bonds is 2. The SMILES string of the molecule is CN(C)C[C@H]1CCCCN1C(=O)OC(C)(C)C. The Morgan fingerprint density at radius 3 is 2.53 bits per heavy atom. The fourth-order valence-corrected chi connectivity index (χ4v) is 2.17. The highest BCUT2D eigenvalue weighted by Gasteiger charge is 2.30. The Balaban J connectivity index is 2.61. The lowest BCUT2D eigenvalue weighted by molar-refractivity contribution is 0.00699. The Bertz CT molecular complexity index is 259. The van der Waals surface area contributed by atoms with Crippen LogP contribution in [-0.2, 0) is 4.74 Å². The quantitative estimate of drug-likeness (QED) is 0.745. The highest BCUT2D eigenvalue weighted by atomic mass is 16.6. The maximum absolute atomic E-state index is 12.1. The van der Waals surface area contributed by atoms with E-state index in [0.29, 0.717) is 6.04 Å². The van der Waals surface area contributed by atoms with Crippen molar-refractivity contribution in [3.63, 3.8) is 0 Å². The second-order valence-electron chi connectivity index (χ2n) is 6.09. The van der Waals surface area contributed by atoms with Crippen molar-refractivity contribution in [3.05, 3.63) is 0 Å². The third-order valence-electron chi connectivity index (χ3n) is 2.83. The van der Waals surface area contributed by atoms with E-state index in [0.717, 1.165) is 25.9 Å². The van der Waals surface area contributed by atoms with Crippen molar-refractivity contribution in [2.24, 2.45) is 0 Å². The Morgan fingerprint density at radius 1 is 1.35 bits per heavy atom. The van der Waals surface area contributed by atoms with Crippen LogP contribution in [-0.4, -0.2) is 54.7 Å². The molecule has 1 saturated heterocycles. The second kappa shape index (κ2) is 5.71. The van der Waals surface area contributed by atoms with Gasteiger partial charge in [0.05, 0.1) is 0 Å². The Hall–Kier alpha value is -0.770. The van der Waals surface area contributed by atoms with Crippen molar-refractivity contribution in [1.29, 1.82) is 0 Å². The predicted molar refractivity (Wildman–Crippen MR) is 69.1 cm³/mol. The van der Waals surface area contributed by atoms with E-state index < -0.39 is 5.60 Å². The summed E-state index contributed by atoms with van der Waals surface area (Å²) in [4.78, 5) is 16.1. The minimum Gasteiger partial charge on any atom is -0.444 e. The van der Waals surface area contributed by atoms with Gasteiger partial charge in [-0.2, -0.15) is 0 Å². The molecule has 0 spiro atoms. The Labute approximate surface area is 105 Å². The molecule has 0 radical (unpaired) electrons. The second-order valence-corrected chi connectivity index (χ2v) is 6.09. The average molecular weight is 242 g/mol. The highest BCUT2D eigenvalue weighted by Crippen LogP contribution is 2.20. The maximum Gasteiger partial charge on any atom is 0.410 e. The monoisotopic (exact) mass is 242 g/mol. The molecule has 1 aliphatic heterocycles. The van der Waals surface area contributed by atoms with Crippen LogP contribution in [0.5, 0.6) is 0 Å². The summed E-state index contributed by atoms with van der Waals surface area (Å²) in [6, 6.07) is 0.300. The number of nitrogens with zero attached hydrogens (tertiary/aromatic N) is 2. The van der Waals surface area contributed by atoms with Gasteiger partial charge in [0, 0.05) is 19.1 Å². The fourth-order valence-electron chi connectivity index (χ4n) is 2.17. The van der Waals surface area contributed by atoms with E-state index in [1.807, 2.05) is 39.8 Å². The molecule has 17 heavy (non-hydrogen) atoms. The van der Waals surface area contributed by atoms with Gasteiger partial charge < -0.3 is 14.5 Å². The van der Waals surface area contributed by atoms with Gasteiger partial charge in [-0.3, -0.25) is 0 Å². The van der Waals surface area contributed by atoms with Gasteiger partial charge in [0.2, 0.25) is 0 Å². The zero-order valence-electron chi connectivity index (χ0n) is 11.8. The molecule has 1 fully saturated rings. The number of ether oxygens (including phenoxy) is 1. The van der Waals surface area contributed by atoms with Gasteiger partial charge in [0.15, 0.2) is 0 Å². The fraction of sp³-hybridized carbons (Fsp3) is 0.923. The summed E-state index contributed by atoms with van der Waals surface area (Å²) in [5.74, 6) is 0. The molecule has 1 amide bonds. The van der Waals surface area contributed by atoms with E-state index in [1.54, 1.807) is 0 Å². The number of carbonyl (C=O) groups is 1. The zero-order valence-corrected chi connectivity index (χ0v) is 11.8. The summed E-state index contributed by atoms with van der Waals surface area (Å²) in [6.07, 6.45) is 3.21. The van der Waals surface area contributed by atoms with Crippen LogP contribution < -0.4 is 0 Å². The molecule has 0 aliphatic carbocycles. The Morgan fingerprint density at radius 2 is 2.00 bits per heavy atom. The number of hydrogen-bond donors (Lipinski definition) is 0. The van der Waals surface area contributed by atoms with Crippen LogP contribution in [0.4, 0.5) is 4.79 Å². The topological polar surface area (TPSA) is 32.8 Å². The van der Waals surface area contributed by atoms with E-state index in [-0.39, 0.29) is 6.09 Å². The number of carbonyl (C=O) groups excluding carboxylic acids is 1. The lowest BCUT2D eigenvalue weighted by atomic mass is 10.0. The van der Waals surface area contributed by atoms with Crippen molar-refractivity contribution in [2.75, 3.05) is 27.2 Å². The third-order valence-corrected chi connectivity index (χ3v) is 2.83. The van der Waals surface area contributed by atoms with Gasteiger partial charge in [0.1, 0.15) is 5.60 Å². The molecule has 0 N–H and O–H groups in total. The largest absolute Gasteiger partial charge is 0.444 e. The minimum absolute atomic E-state index is 0.163. The van der Waals surface area contributed by atoms with E-state index >= 15 is 0 Å². The normalized spacial score (nSPS) is 21.8. The number of hydrogen-bond acceptors (Lipinski definition) is 3. The molecule has 0 bridgehead atoms. The third kappa shape index (κ3) is 4.94. The van der Waals surface area contributed by atoms with Gasteiger partial charge >= 0.3 is 6.09 Å². The van der Waals surface area contributed by atoms with Crippen LogP contribution in [0, 0.1) is 0 Å². The molecule has 100 valence electrons. The molecular formula is C13H26N2O2. The molecule has 4 nitrogen and oxygen atoms in total. The van der Waals surface area contributed by atoms with Gasteiger partial charge in [-0.25, -0.2) is 4.79 Å². The van der Waals surface area contributed by atoms with Gasteiger partial charge in [-0.1, -0.05) is 0 Å². The number of piperidine rings is 1. The molecule has 0 saturated carbocycles. The van der Waals surface area contributed by atoms with Crippen LogP contribution >= 0.6 is 0 Å². The molecule has 1 aliphatic rings. The molecule has 0 aromatic carbocycles. The smallest absolute Gasteiger partial charge is 0.410 e. The van der Waals surface area contributed by atoms with Crippen molar-refractivity contribution in [3.8, 4) is 0 Å². The van der Waals surface area contributed by atoms with Gasteiger partial charge in [0.25, 0.3) is 0 Å². The van der Waals surface area contributed by atoms with E-state index in [2.05, 4.69) is 4.90 Å². The van der Waals surface area contributed by atoms with Crippen LogP contribution in [0.15, 0.2) is 0 Å². The van der Waals surface area contributed by atoms with Gasteiger partial charge in [-0.15, -0.1) is 0 Å². The van der Waals surface area contributed by atoms with Crippen LogP contribution in [0.1, 0.15) is 40.0 Å². The molecule has 0 aromatic heterocycles. The number of amides is 1. The first-order valence-corrected chi connectivity index (χ1v) is 6.44. The average Bonchev–Trinajstić information content (AvgIpc) is 2.14. The van der Waals surface area contributed by atoms with Crippen LogP contribution in [0.2, 0.25) is 0 Å². The van der Waals surface area contributed by atoms with Crippen molar-refractivity contribution >= 4 is 6.09 Å². The minimum atomic E-state index is -0.406. The molecule has 1 atom stereocenters. The van der Waals surface area contributed by atoms with Crippen LogP contribution in [0.25, 0.3) is 0 Å². The summed E-state index contributed by atoms with van der Waals surface area (Å²) >= 11 is 0. The standard InChI is InChI=1S/C13H26N2O2/c1-13(2,3)17-12(16)15-9-7-6-8-11(15)10-14(4)5/h11H,6-10H2,1-5H3/t11-/m1/s1. The van der Waals surface area contributed by atoms with Crippen molar-refractivity contribution < 1.29 is 9.53 Å². The first kappa shape index (κ1) is 14.3.